The van der Waals surface area contributed by atoms with Gasteiger partial charge in [0.25, 0.3) is 0 Å². The van der Waals surface area contributed by atoms with Gasteiger partial charge >= 0.3 is 5.97 Å². The lowest BCUT2D eigenvalue weighted by atomic mass is 10.2. The Labute approximate surface area is 177 Å². The number of carbonyl (C=O) groups excluding carboxylic acids is 1. The maximum atomic E-state index is 12.3. The van der Waals surface area contributed by atoms with Gasteiger partial charge in [-0.25, -0.2) is 9.78 Å². The van der Waals surface area contributed by atoms with E-state index in [2.05, 4.69) is 9.97 Å². The minimum Gasteiger partial charge on any atom is -0.462 e. The molecule has 0 atom stereocenters. The third-order valence-electron chi connectivity index (χ3n) is 4.30. The van der Waals surface area contributed by atoms with E-state index >= 15 is 0 Å². The minimum atomic E-state index is -0.401. The summed E-state index contributed by atoms with van der Waals surface area (Å²) in [6.07, 6.45) is 5.06. The molecule has 0 saturated carbocycles. The molecule has 5 nitrogen and oxygen atoms in total. The van der Waals surface area contributed by atoms with Gasteiger partial charge in [-0.3, -0.25) is 4.98 Å². The highest BCUT2D eigenvalue weighted by molar-refractivity contribution is 6.35. The van der Waals surface area contributed by atoms with Gasteiger partial charge in [0.1, 0.15) is 5.52 Å². The van der Waals surface area contributed by atoms with Crippen LogP contribution < -0.4 is 0 Å². The molecule has 0 aliphatic rings. The van der Waals surface area contributed by atoms with Crippen molar-refractivity contribution in [2.45, 2.75) is 12.8 Å². The highest BCUT2D eigenvalue weighted by Gasteiger charge is 2.14. The lowest BCUT2D eigenvalue weighted by Gasteiger charge is -2.04. The van der Waals surface area contributed by atoms with Crippen molar-refractivity contribution in [3.8, 4) is 11.5 Å². The van der Waals surface area contributed by atoms with E-state index in [1.54, 1.807) is 42.6 Å². The van der Waals surface area contributed by atoms with Crippen LogP contribution in [0.1, 0.15) is 22.3 Å². The molecule has 7 heteroatoms. The third kappa shape index (κ3) is 4.75. The first-order valence-corrected chi connectivity index (χ1v) is 9.77. The number of nitrogens with zero attached hydrogens (tertiary/aromatic N) is 2. The van der Waals surface area contributed by atoms with Crippen molar-refractivity contribution in [1.29, 1.82) is 0 Å². The summed E-state index contributed by atoms with van der Waals surface area (Å²) in [5.74, 6) is -0.0202. The standard InChI is InChI=1S/C22H16Cl2N2O3/c23-17-9-16(10-18(24)12-17)21-26-19-6-5-15(11-20(19)29-21)22(27)28-8-2-4-14-3-1-7-25-13-14/h1,3,5-7,9-13H,2,4,8H2. The summed E-state index contributed by atoms with van der Waals surface area (Å²) in [4.78, 5) is 20.8. The van der Waals surface area contributed by atoms with Crippen molar-refractivity contribution in [2.75, 3.05) is 6.61 Å². The highest BCUT2D eigenvalue weighted by atomic mass is 35.5. The average Bonchev–Trinajstić information content (AvgIpc) is 3.14. The Morgan fingerprint density at radius 2 is 1.90 bits per heavy atom. The summed E-state index contributed by atoms with van der Waals surface area (Å²) in [6, 6.07) is 14.0. The second kappa shape index (κ2) is 8.64. The summed E-state index contributed by atoms with van der Waals surface area (Å²) in [5, 5.41) is 0.982. The fraction of sp³-hybridized carbons (Fsp3) is 0.136. The van der Waals surface area contributed by atoms with Gasteiger partial charge in [0.2, 0.25) is 5.89 Å². The van der Waals surface area contributed by atoms with Gasteiger partial charge < -0.3 is 9.15 Å². The number of esters is 1. The number of aryl methyl sites for hydroxylation is 1. The van der Waals surface area contributed by atoms with Crippen LogP contribution in [-0.4, -0.2) is 22.5 Å². The molecule has 29 heavy (non-hydrogen) atoms. The summed E-state index contributed by atoms with van der Waals surface area (Å²) >= 11 is 12.1. The molecule has 0 unspecified atom stereocenters. The van der Waals surface area contributed by atoms with Crippen molar-refractivity contribution >= 4 is 40.3 Å². The maximum absolute atomic E-state index is 12.3. The first-order valence-electron chi connectivity index (χ1n) is 9.01. The molecule has 4 aromatic rings. The molecule has 0 fully saturated rings. The second-order valence-electron chi connectivity index (χ2n) is 6.46. The van der Waals surface area contributed by atoms with E-state index in [1.807, 2.05) is 18.3 Å². The molecule has 2 aromatic heterocycles. The first-order chi connectivity index (χ1) is 14.1. The van der Waals surface area contributed by atoms with E-state index in [9.17, 15) is 4.79 Å². The Morgan fingerprint density at radius 1 is 1.07 bits per heavy atom. The quantitative estimate of drug-likeness (QED) is 0.280. The van der Waals surface area contributed by atoms with Crippen LogP contribution in [0.3, 0.4) is 0 Å². The van der Waals surface area contributed by atoms with E-state index in [0.717, 1.165) is 18.4 Å². The molecular formula is C22H16Cl2N2O3. The van der Waals surface area contributed by atoms with E-state index < -0.39 is 5.97 Å². The van der Waals surface area contributed by atoms with Crippen molar-refractivity contribution in [3.63, 3.8) is 0 Å². The minimum absolute atomic E-state index is 0.328. The summed E-state index contributed by atoms with van der Waals surface area (Å²) in [7, 11) is 0. The van der Waals surface area contributed by atoms with Gasteiger partial charge in [0, 0.05) is 28.0 Å². The van der Waals surface area contributed by atoms with Gasteiger partial charge in [0.15, 0.2) is 5.58 Å². The Hall–Kier alpha value is -2.89. The lowest BCUT2D eigenvalue weighted by molar-refractivity contribution is 0.0500. The zero-order valence-corrected chi connectivity index (χ0v) is 16.8. The van der Waals surface area contributed by atoms with Crippen LogP contribution in [0.2, 0.25) is 10.0 Å². The van der Waals surface area contributed by atoms with Crippen molar-refractivity contribution in [1.82, 2.24) is 9.97 Å². The van der Waals surface area contributed by atoms with E-state index in [-0.39, 0.29) is 0 Å². The number of carbonyl (C=O) groups is 1. The van der Waals surface area contributed by atoms with Gasteiger partial charge in [-0.1, -0.05) is 29.3 Å². The van der Waals surface area contributed by atoms with E-state index in [1.165, 1.54) is 0 Å². The average molecular weight is 427 g/mol. The summed E-state index contributed by atoms with van der Waals surface area (Å²) in [5.41, 5.74) is 3.30. The number of benzene rings is 2. The van der Waals surface area contributed by atoms with Gasteiger partial charge in [0.05, 0.1) is 12.2 Å². The number of aromatic nitrogens is 2. The molecule has 0 spiro atoms. The topological polar surface area (TPSA) is 65.2 Å². The number of rotatable bonds is 6. The summed E-state index contributed by atoms with van der Waals surface area (Å²) in [6.45, 7) is 0.328. The molecule has 0 radical (unpaired) electrons. The predicted octanol–water partition coefficient (Wildman–Crippen LogP) is 5.99. The number of hydrogen-bond acceptors (Lipinski definition) is 5. The van der Waals surface area contributed by atoms with Crippen LogP contribution in [0.5, 0.6) is 0 Å². The van der Waals surface area contributed by atoms with Gasteiger partial charge in [-0.2, -0.15) is 0 Å². The molecule has 4 rings (SSSR count). The Morgan fingerprint density at radius 3 is 2.66 bits per heavy atom. The Balaban J connectivity index is 1.43. The normalized spacial score (nSPS) is 11.0. The van der Waals surface area contributed by atoms with Gasteiger partial charge in [-0.15, -0.1) is 0 Å². The van der Waals surface area contributed by atoms with Crippen LogP contribution >= 0.6 is 23.2 Å². The molecular weight excluding hydrogens is 411 g/mol. The number of halogens is 2. The molecule has 0 bridgehead atoms. The van der Waals surface area contributed by atoms with E-state index in [4.69, 9.17) is 32.4 Å². The number of ether oxygens (including phenoxy) is 1. The third-order valence-corrected chi connectivity index (χ3v) is 4.74. The SMILES string of the molecule is O=C(OCCCc1cccnc1)c1ccc2nc(-c3cc(Cl)cc(Cl)c3)oc2c1. The maximum Gasteiger partial charge on any atom is 0.338 e. The van der Waals surface area contributed by atoms with Crippen LogP contribution in [-0.2, 0) is 11.2 Å². The van der Waals surface area contributed by atoms with Gasteiger partial charge in [-0.05, 0) is 60.9 Å². The number of oxazole rings is 1. The van der Waals surface area contributed by atoms with E-state index in [0.29, 0.717) is 44.8 Å². The first kappa shape index (κ1) is 19.4. The predicted molar refractivity (Wildman–Crippen MR) is 112 cm³/mol. The number of fused-ring (bicyclic) bond motifs is 1. The molecule has 0 aliphatic carbocycles. The molecule has 2 aromatic carbocycles. The fourth-order valence-electron chi connectivity index (χ4n) is 2.92. The van der Waals surface area contributed by atoms with Crippen LogP contribution in [0, 0.1) is 0 Å². The monoisotopic (exact) mass is 426 g/mol. The number of pyridine rings is 1. The zero-order chi connectivity index (χ0) is 20.2. The lowest BCUT2D eigenvalue weighted by Crippen LogP contribution is -2.07. The largest absolute Gasteiger partial charge is 0.462 e. The molecule has 0 amide bonds. The molecule has 0 N–H and O–H groups in total. The van der Waals surface area contributed by atoms with Crippen LogP contribution in [0.25, 0.3) is 22.6 Å². The Kier molecular flexibility index (Phi) is 5.79. The molecule has 0 saturated heterocycles. The van der Waals surface area contributed by atoms with Crippen LogP contribution in [0.15, 0.2) is 65.3 Å². The fourth-order valence-corrected chi connectivity index (χ4v) is 3.45. The van der Waals surface area contributed by atoms with Crippen molar-refractivity contribution in [3.05, 3.63) is 82.1 Å². The smallest absolute Gasteiger partial charge is 0.338 e. The number of hydrogen-bond donors (Lipinski definition) is 0. The van der Waals surface area contributed by atoms with Crippen LogP contribution in [0.4, 0.5) is 0 Å². The Bertz CT molecular complexity index is 1140. The highest BCUT2D eigenvalue weighted by Crippen LogP contribution is 2.29. The van der Waals surface area contributed by atoms with Crippen molar-refractivity contribution < 1.29 is 13.9 Å². The zero-order valence-electron chi connectivity index (χ0n) is 15.3. The molecule has 0 aliphatic heterocycles. The summed E-state index contributed by atoms with van der Waals surface area (Å²) < 4.78 is 11.2. The molecule has 2 heterocycles. The van der Waals surface area contributed by atoms with Crippen molar-refractivity contribution in [2.24, 2.45) is 0 Å². The molecule has 146 valence electrons. The second-order valence-corrected chi connectivity index (χ2v) is 7.33.